The number of rotatable bonds is 14. The van der Waals surface area contributed by atoms with E-state index >= 15 is 0 Å². The molecule has 1 aromatic carbocycles. The van der Waals surface area contributed by atoms with Gasteiger partial charge in [0.2, 0.25) is 12.1 Å². The van der Waals surface area contributed by atoms with Gasteiger partial charge in [0, 0.05) is 43.4 Å². The van der Waals surface area contributed by atoms with Crippen LogP contribution in [0.2, 0.25) is 0 Å². The van der Waals surface area contributed by atoms with Crippen LogP contribution in [0.4, 0.5) is 0 Å². The van der Waals surface area contributed by atoms with Crippen LogP contribution in [0.25, 0.3) is 0 Å². The van der Waals surface area contributed by atoms with Crippen molar-refractivity contribution in [2.45, 2.75) is 101 Å². The highest BCUT2D eigenvalue weighted by molar-refractivity contribution is 6.17. The molecule has 2 fully saturated rings. The number of phenols is 1. The predicted molar refractivity (Wildman–Crippen MR) is 172 cm³/mol. The normalized spacial score (nSPS) is 31.1. The number of aromatic hydroxyl groups is 1. The van der Waals surface area contributed by atoms with Crippen LogP contribution >= 0.6 is 11.6 Å². The summed E-state index contributed by atoms with van der Waals surface area (Å²) in [5, 5.41) is 56.4. The fraction of sp³-hybridized carbons (Fsp3) is 0.676. The van der Waals surface area contributed by atoms with Crippen LogP contribution < -0.4 is 4.74 Å². The van der Waals surface area contributed by atoms with Crippen molar-refractivity contribution in [3.8, 4) is 11.5 Å². The van der Waals surface area contributed by atoms with Crippen LogP contribution in [-0.4, -0.2) is 78.9 Å². The monoisotopic (exact) mass is 658 g/mol. The number of hydrogen-bond acceptors (Lipinski definition) is 10. The van der Waals surface area contributed by atoms with Gasteiger partial charge in [-0.15, -0.1) is 16.7 Å². The fourth-order valence-corrected chi connectivity index (χ4v) is 8.21. The van der Waals surface area contributed by atoms with Crippen LogP contribution in [0.5, 0.6) is 11.5 Å². The van der Waals surface area contributed by atoms with Crippen molar-refractivity contribution in [1.82, 2.24) is 15.0 Å². The third-order valence-electron chi connectivity index (χ3n) is 10.2. The van der Waals surface area contributed by atoms with Crippen molar-refractivity contribution in [2.24, 2.45) is 22.9 Å². The SMILES string of the molecule is OCCCCC1C=C2C(=NOC3CCCCO3)CC(n3nncc3CCCCl)C3(O)Oc4ccc(O)cc4C(C1CCCCO)C23. The first kappa shape index (κ1) is 33.2. The maximum Gasteiger partial charge on any atom is 0.238 e. The molecule has 0 spiro atoms. The number of phenolic OH excluding ortho intramolecular Hbond substituents is 1. The lowest BCUT2D eigenvalue weighted by Gasteiger charge is -2.56. The minimum absolute atomic E-state index is 0.0732. The molecular formula is C34H47ClN4O7. The summed E-state index contributed by atoms with van der Waals surface area (Å²) in [6.07, 6.45) is 12.6. The van der Waals surface area contributed by atoms with Gasteiger partial charge in [-0.2, -0.15) is 0 Å². The number of ether oxygens (including phenoxy) is 2. The third-order valence-corrected chi connectivity index (χ3v) is 10.5. The predicted octanol–water partition coefficient (Wildman–Crippen LogP) is 4.98. The Labute approximate surface area is 275 Å². The van der Waals surface area contributed by atoms with Crippen LogP contribution in [0.1, 0.15) is 93.8 Å². The average Bonchev–Trinajstić information content (AvgIpc) is 3.53. The topological polar surface area (TPSA) is 152 Å². The summed E-state index contributed by atoms with van der Waals surface area (Å²) >= 11 is 6.06. The molecule has 1 aromatic heterocycles. The lowest BCUT2D eigenvalue weighted by molar-refractivity contribution is -0.225. The summed E-state index contributed by atoms with van der Waals surface area (Å²) in [4.78, 5) is 6.05. The summed E-state index contributed by atoms with van der Waals surface area (Å²) < 4.78 is 14.3. The Bertz CT molecular complexity index is 1380. The highest BCUT2D eigenvalue weighted by atomic mass is 35.5. The number of benzene rings is 1. The minimum atomic E-state index is -1.71. The van der Waals surface area contributed by atoms with Gasteiger partial charge in [0.25, 0.3) is 0 Å². The number of aliphatic hydroxyl groups is 3. The van der Waals surface area contributed by atoms with Crippen LogP contribution in [0, 0.1) is 17.8 Å². The molecule has 4 aliphatic rings. The zero-order chi connectivity index (χ0) is 32.1. The number of alkyl halides is 1. The van der Waals surface area contributed by atoms with Crippen molar-refractivity contribution >= 4 is 17.3 Å². The molecule has 11 nitrogen and oxygen atoms in total. The van der Waals surface area contributed by atoms with E-state index in [4.69, 9.17) is 31.1 Å². The molecule has 1 saturated carbocycles. The van der Waals surface area contributed by atoms with Crippen molar-refractivity contribution in [3.05, 3.63) is 47.3 Å². The van der Waals surface area contributed by atoms with Gasteiger partial charge in [0.05, 0.1) is 30.1 Å². The van der Waals surface area contributed by atoms with E-state index in [9.17, 15) is 20.4 Å². The summed E-state index contributed by atoms with van der Waals surface area (Å²) in [5.41, 5.74) is 3.28. The molecule has 1 saturated heterocycles. The van der Waals surface area contributed by atoms with Gasteiger partial charge in [-0.05, 0) is 87.0 Å². The van der Waals surface area contributed by atoms with E-state index in [1.54, 1.807) is 29.1 Å². The molecule has 2 aliphatic carbocycles. The van der Waals surface area contributed by atoms with Gasteiger partial charge >= 0.3 is 0 Å². The average molecular weight is 659 g/mol. The number of aryl methyl sites for hydroxylation is 1. The number of halogens is 1. The Morgan fingerprint density at radius 1 is 1.09 bits per heavy atom. The number of aliphatic hydroxyl groups excluding tert-OH is 2. The molecule has 12 heteroatoms. The molecule has 46 heavy (non-hydrogen) atoms. The molecule has 0 amide bonds. The van der Waals surface area contributed by atoms with Gasteiger partial charge in [-0.3, -0.25) is 0 Å². The first-order valence-electron chi connectivity index (χ1n) is 17.0. The van der Waals surface area contributed by atoms with Gasteiger partial charge < -0.3 is 34.7 Å². The number of hydrogen-bond donors (Lipinski definition) is 4. The van der Waals surface area contributed by atoms with E-state index in [0.717, 1.165) is 68.2 Å². The van der Waals surface area contributed by atoms with Crippen molar-refractivity contribution in [3.63, 3.8) is 0 Å². The Kier molecular flexibility index (Phi) is 10.8. The van der Waals surface area contributed by atoms with E-state index in [0.29, 0.717) is 49.6 Å². The maximum absolute atomic E-state index is 13.0. The Morgan fingerprint density at radius 3 is 2.67 bits per heavy atom. The summed E-state index contributed by atoms with van der Waals surface area (Å²) in [5.74, 6) is -1.16. The molecule has 3 heterocycles. The zero-order valence-electron chi connectivity index (χ0n) is 26.3. The zero-order valence-corrected chi connectivity index (χ0v) is 27.1. The van der Waals surface area contributed by atoms with E-state index in [1.807, 2.05) is 0 Å². The van der Waals surface area contributed by atoms with Crippen LogP contribution in [0.3, 0.4) is 0 Å². The number of aromatic nitrogens is 3. The van der Waals surface area contributed by atoms with Crippen LogP contribution in [-0.2, 0) is 16.0 Å². The first-order valence-corrected chi connectivity index (χ1v) is 17.5. The van der Waals surface area contributed by atoms with Gasteiger partial charge in [0.1, 0.15) is 17.5 Å². The molecule has 7 unspecified atom stereocenters. The lowest BCUT2D eigenvalue weighted by atomic mass is 9.55. The smallest absolute Gasteiger partial charge is 0.238 e. The Balaban J connectivity index is 1.51. The molecule has 0 bridgehead atoms. The summed E-state index contributed by atoms with van der Waals surface area (Å²) in [6, 6.07) is 4.42. The Morgan fingerprint density at radius 2 is 1.91 bits per heavy atom. The van der Waals surface area contributed by atoms with Crippen molar-refractivity contribution < 1.29 is 34.7 Å². The number of allylic oxidation sites excluding steroid dienone is 1. The second-order valence-electron chi connectivity index (χ2n) is 13.1. The molecular weight excluding hydrogens is 612 g/mol. The molecule has 2 aliphatic heterocycles. The van der Waals surface area contributed by atoms with E-state index < -0.39 is 24.0 Å². The van der Waals surface area contributed by atoms with Gasteiger partial charge in [0.15, 0.2) is 0 Å². The molecule has 252 valence electrons. The quantitative estimate of drug-likeness (QED) is 0.125. The van der Waals surface area contributed by atoms with Gasteiger partial charge in [-0.25, -0.2) is 4.68 Å². The van der Waals surface area contributed by atoms with E-state index in [1.165, 1.54) is 0 Å². The third kappa shape index (κ3) is 6.67. The molecule has 2 aromatic rings. The number of fused-ring (bicyclic) bond motifs is 2. The summed E-state index contributed by atoms with van der Waals surface area (Å²) in [7, 11) is 0. The van der Waals surface area contributed by atoms with Crippen molar-refractivity contribution in [1.29, 1.82) is 0 Å². The van der Waals surface area contributed by atoms with Crippen molar-refractivity contribution in [2.75, 3.05) is 25.7 Å². The molecule has 6 rings (SSSR count). The lowest BCUT2D eigenvalue weighted by Crippen LogP contribution is -2.62. The first-order chi connectivity index (χ1) is 22.5. The molecule has 0 radical (unpaired) electrons. The second kappa shape index (κ2) is 15.0. The number of unbranched alkanes of at least 4 members (excludes halogenated alkanes) is 2. The van der Waals surface area contributed by atoms with Crippen LogP contribution in [0.15, 0.2) is 41.2 Å². The standard InChI is InChI=1S/C34H47ClN4O7/c35-14-7-9-23-21-36-38-39(23)30-20-28(37-46-31-11-3-6-17-44-31)26-18-22(8-1-4-15-40)25(10-2-5-16-41)32-27-19-24(42)12-13-29(27)45-34(30,43)33(26)32/h12-13,18-19,21-22,25,30-33,40-43H,1-11,14-17,20H2. The highest BCUT2D eigenvalue weighted by Crippen LogP contribution is 2.62. The minimum Gasteiger partial charge on any atom is -0.508 e. The largest absolute Gasteiger partial charge is 0.508 e. The number of nitrogens with zero attached hydrogens (tertiary/aromatic N) is 4. The number of oxime groups is 1. The molecule has 4 N–H and O–H groups in total. The maximum atomic E-state index is 13.0. The Hall–Kier alpha value is -2.70. The van der Waals surface area contributed by atoms with E-state index in [-0.39, 0.29) is 36.7 Å². The van der Waals surface area contributed by atoms with Gasteiger partial charge in [-0.1, -0.05) is 29.3 Å². The van der Waals surface area contributed by atoms with E-state index in [2.05, 4.69) is 16.4 Å². The highest BCUT2D eigenvalue weighted by Gasteiger charge is 2.63. The fourth-order valence-electron chi connectivity index (χ4n) is 8.08. The summed E-state index contributed by atoms with van der Waals surface area (Å²) in [6.45, 7) is 0.867. The second-order valence-corrected chi connectivity index (χ2v) is 13.5. The molecule has 7 atom stereocenters.